The van der Waals surface area contributed by atoms with Crippen LogP contribution in [0.4, 0.5) is 5.69 Å². The van der Waals surface area contributed by atoms with Crippen molar-refractivity contribution in [3.05, 3.63) is 24.0 Å². The minimum absolute atomic E-state index is 0.0250. The van der Waals surface area contributed by atoms with E-state index in [0.29, 0.717) is 11.4 Å². The van der Waals surface area contributed by atoms with Gasteiger partial charge in [0.15, 0.2) is 5.69 Å². The van der Waals surface area contributed by atoms with Gasteiger partial charge in [-0.2, -0.15) is 0 Å². The number of hydrogen-bond donors (Lipinski definition) is 1. The van der Waals surface area contributed by atoms with Crippen molar-refractivity contribution in [2.45, 2.75) is 32.6 Å². The number of aromatic nitrogens is 1. The molecule has 1 amide bonds. The molecular formula is C14H21N3O. The van der Waals surface area contributed by atoms with Crippen LogP contribution in [0, 0.1) is 5.92 Å². The number of carbonyl (C=O) groups is 1. The second-order valence-corrected chi connectivity index (χ2v) is 4.97. The molecule has 0 aromatic carbocycles. The number of likely N-dealkylation sites (tertiary alicyclic amines) is 1. The Bertz CT molecular complexity index is 411. The van der Waals surface area contributed by atoms with E-state index >= 15 is 0 Å². The fourth-order valence-corrected chi connectivity index (χ4v) is 2.58. The first kappa shape index (κ1) is 12.9. The molecule has 0 radical (unpaired) electrons. The number of nitrogens with zero attached hydrogens (tertiary/aromatic N) is 2. The van der Waals surface area contributed by atoms with Crippen molar-refractivity contribution >= 4 is 11.6 Å². The zero-order valence-corrected chi connectivity index (χ0v) is 10.9. The second-order valence-electron chi connectivity index (χ2n) is 4.97. The Balaban J connectivity index is 1.98. The average Bonchev–Trinajstić information content (AvgIpc) is 2.40. The molecule has 1 saturated heterocycles. The predicted molar refractivity (Wildman–Crippen MR) is 72.2 cm³/mol. The van der Waals surface area contributed by atoms with Crippen molar-refractivity contribution in [2.75, 3.05) is 18.8 Å². The zero-order chi connectivity index (χ0) is 13.0. The van der Waals surface area contributed by atoms with Gasteiger partial charge in [0.25, 0.3) is 5.91 Å². The fourth-order valence-electron chi connectivity index (χ4n) is 2.58. The SMILES string of the molecule is CCCC1CCN(C(=O)c2ncccc2N)CC1. The lowest BCUT2D eigenvalue weighted by molar-refractivity contribution is 0.0682. The normalized spacial score (nSPS) is 16.8. The molecule has 0 unspecified atom stereocenters. The molecule has 1 aliphatic rings. The molecule has 4 nitrogen and oxygen atoms in total. The Kier molecular flexibility index (Phi) is 4.18. The van der Waals surface area contributed by atoms with Gasteiger partial charge in [-0.15, -0.1) is 0 Å². The van der Waals surface area contributed by atoms with Crippen LogP contribution in [0.1, 0.15) is 43.1 Å². The van der Waals surface area contributed by atoms with Crippen LogP contribution in [0.2, 0.25) is 0 Å². The van der Waals surface area contributed by atoms with Gasteiger partial charge in [0.2, 0.25) is 0 Å². The molecule has 0 bridgehead atoms. The summed E-state index contributed by atoms with van der Waals surface area (Å²) in [5.41, 5.74) is 6.66. The monoisotopic (exact) mass is 247 g/mol. The van der Waals surface area contributed by atoms with E-state index in [1.54, 1.807) is 18.3 Å². The Morgan fingerprint density at radius 2 is 2.22 bits per heavy atom. The number of anilines is 1. The first-order chi connectivity index (χ1) is 8.72. The van der Waals surface area contributed by atoms with Crippen LogP contribution < -0.4 is 5.73 Å². The third kappa shape index (κ3) is 2.81. The third-order valence-electron chi connectivity index (χ3n) is 3.64. The highest BCUT2D eigenvalue weighted by Crippen LogP contribution is 2.23. The molecule has 0 aliphatic carbocycles. The fraction of sp³-hybridized carbons (Fsp3) is 0.571. The van der Waals surface area contributed by atoms with Gasteiger partial charge in [-0.1, -0.05) is 19.8 Å². The third-order valence-corrected chi connectivity index (χ3v) is 3.64. The summed E-state index contributed by atoms with van der Waals surface area (Å²) in [4.78, 5) is 18.2. The Morgan fingerprint density at radius 1 is 1.50 bits per heavy atom. The molecule has 1 fully saturated rings. The Morgan fingerprint density at radius 3 is 2.83 bits per heavy atom. The van der Waals surface area contributed by atoms with E-state index in [1.807, 2.05) is 4.90 Å². The summed E-state index contributed by atoms with van der Waals surface area (Å²) in [5.74, 6) is 0.753. The van der Waals surface area contributed by atoms with Gasteiger partial charge in [0.05, 0.1) is 5.69 Å². The number of piperidine rings is 1. The van der Waals surface area contributed by atoms with Gasteiger partial charge in [-0.25, -0.2) is 4.98 Å². The summed E-state index contributed by atoms with van der Waals surface area (Å²) in [5, 5.41) is 0. The van der Waals surface area contributed by atoms with Gasteiger partial charge in [0.1, 0.15) is 0 Å². The van der Waals surface area contributed by atoms with Gasteiger partial charge in [-0.3, -0.25) is 4.79 Å². The lowest BCUT2D eigenvalue weighted by atomic mass is 9.92. The van der Waals surface area contributed by atoms with Crippen LogP contribution >= 0.6 is 0 Å². The molecule has 4 heteroatoms. The van der Waals surface area contributed by atoms with Crippen LogP contribution in [0.25, 0.3) is 0 Å². The predicted octanol–water partition coefficient (Wildman–Crippen LogP) is 2.32. The number of carbonyl (C=O) groups excluding carboxylic acids is 1. The highest BCUT2D eigenvalue weighted by atomic mass is 16.2. The molecule has 0 spiro atoms. The maximum Gasteiger partial charge on any atom is 0.274 e. The van der Waals surface area contributed by atoms with E-state index in [-0.39, 0.29) is 5.91 Å². The van der Waals surface area contributed by atoms with Gasteiger partial charge in [0, 0.05) is 19.3 Å². The molecule has 0 saturated carbocycles. The summed E-state index contributed by atoms with van der Waals surface area (Å²) in [6, 6.07) is 3.48. The molecule has 1 aromatic heterocycles. The molecule has 0 atom stereocenters. The van der Waals surface area contributed by atoms with E-state index in [0.717, 1.165) is 31.8 Å². The first-order valence-electron chi connectivity index (χ1n) is 6.72. The largest absolute Gasteiger partial charge is 0.397 e. The first-order valence-corrected chi connectivity index (χ1v) is 6.72. The van der Waals surface area contributed by atoms with Crippen LogP contribution in [0.3, 0.4) is 0 Å². The van der Waals surface area contributed by atoms with E-state index in [9.17, 15) is 4.79 Å². The molecule has 98 valence electrons. The van der Waals surface area contributed by atoms with Crippen LogP contribution in [-0.4, -0.2) is 28.9 Å². The maximum atomic E-state index is 12.3. The van der Waals surface area contributed by atoms with E-state index < -0.39 is 0 Å². The number of pyridine rings is 1. The summed E-state index contributed by atoms with van der Waals surface area (Å²) in [7, 11) is 0. The van der Waals surface area contributed by atoms with Crippen molar-refractivity contribution in [3.63, 3.8) is 0 Å². The molecule has 1 aromatic rings. The molecule has 2 N–H and O–H groups in total. The summed E-state index contributed by atoms with van der Waals surface area (Å²) >= 11 is 0. The highest BCUT2D eigenvalue weighted by molar-refractivity contribution is 5.97. The molecule has 1 aliphatic heterocycles. The maximum absolute atomic E-state index is 12.3. The minimum Gasteiger partial charge on any atom is -0.397 e. The quantitative estimate of drug-likeness (QED) is 0.891. The molecular weight excluding hydrogens is 226 g/mol. The van der Waals surface area contributed by atoms with Crippen molar-refractivity contribution in [1.82, 2.24) is 9.88 Å². The number of amides is 1. The summed E-state index contributed by atoms with van der Waals surface area (Å²) in [6.45, 7) is 3.88. The summed E-state index contributed by atoms with van der Waals surface area (Å²) < 4.78 is 0. The van der Waals surface area contributed by atoms with Crippen LogP contribution in [0.15, 0.2) is 18.3 Å². The standard InChI is InChI=1S/C14H21N3O/c1-2-4-11-6-9-17(10-7-11)14(18)13-12(15)5-3-8-16-13/h3,5,8,11H,2,4,6-7,9-10,15H2,1H3. The zero-order valence-electron chi connectivity index (χ0n) is 10.9. The minimum atomic E-state index is -0.0250. The second kappa shape index (κ2) is 5.85. The van der Waals surface area contributed by atoms with Gasteiger partial charge >= 0.3 is 0 Å². The van der Waals surface area contributed by atoms with E-state index in [4.69, 9.17) is 5.73 Å². The lowest BCUT2D eigenvalue weighted by Gasteiger charge is -2.31. The lowest BCUT2D eigenvalue weighted by Crippen LogP contribution is -2.39. The topological polar surface area (TPSA) is 59.2 Å². The number of nitrogens with two attached hydrogens (primary N) is 1. The average molecular weight is 247 g/mol. The Hall–Kier alpha value is -1.58. The molecule has 2 rings (SSSR count). The van der Waals surface area contributed by atoms with E-state index in [2.05, 4.69) is 11.9 Å². The van der Waals surface area contributed by atoms with Crippen molar-refractivity contribution in [2.24, 2.45) is 5.92 Å². The number of rotatable bonds is 3. The van der Waals surface area contributed by atoms with Gasteiger partial charge < -0.3 is 10.6 Å². The molecule has 18 heavy (non-hydrogen) atoms. The number of nitrogen functional groups attached to an aromatic ring is 1. The number of hydrogen-bond acceptors (Lipinski definition) is 3. The van der Waals surface area contributed by atoms with Crippen molar-refractivity contribution < 1.29 is 4.79 Å². The van der Waals surface area contributed by atoms with Gasteiger partial charge in [-0.05, 0) is 30.9 Å². The van der Waals surface area contributed by atoms with Crippen molar-refractivity contribution in [3.8, 4) is 0 Å². The highest BCUT2D eigenvalue weighted by Gasteiger charge is 2.24. The summed E-state index contributed by atoms with van der Waals surface area (Å²) in [6.07, 6.45) is 6.33. The van der Waals surface area contributed by atoms with Crippen LogP contribution in [-0.2, 0) is 0 Å². The Labute approximate surface area is 108 Å². The molecule has 2 heterocycles. The smallest absolute Gasteiger partial charge is 0.274 e. The van der Waals surface area contributed by atoms with Crippen molar-refractivity contribution in [1.29, 1.82) is 0 Å². The van der Waals surface area contributed by atoms with Crippen LogP contribution in [0.5, 0.6) is 0 Å². The van der Waals surface area contributed by atoms with E-state index in [1.165, 1.54) is 12.8 Å².